The Bertz CT molecular complexity index is 190. The second-order valence-corrected chi connectivity index (χ2v) is 2.62. The Kier molecular flexibility index (Phi) is 2.12. The van der Waals surface area contributed by atoms with Crippen molar-refractivity contribution in [3.05, 3.63) is 0 Å². The summed E-state index contributed by atoms with van der Waals surface area (Å²) in [5.41, 5.74) is 0. The summed E-state index contributed by atoms with van der Waals surface area (Å²) in [6.45, 7) is 2.19. The number of likely N-dealkylation sites (tertiary alicyclic amines) is 1. The van der Waals surface area contributed by atoms with Crippen LogP contribution in [0.4, 0.5) is 4.79 Å². The molecule has 0 aromatic carbocycles. The second-order valence-electron chi connectivity index (χ2n) is 2.62. The van der Waals surface area contributed by atoms with E-state index in [1.807, 2.05) is 6.92 Å². The van der Waals surface area contributed by atoms with E-state index in [1.165, 1.54) is 4.90 Å². The number of amides is 1. The van der Waals surface area contributed by atoms with Crippen LogP contribution < -0.4 is 0 Å². The molecule has 1 amide bonds. The highest BCUT2D eigenvalue weighted by Gasteiger charge is 2.33. The van der Waals surface area contributed by atoms with Crippen molar-refractivity contribution in [1.82, 2.24) is 4.90 Å². The van der Waals surface area contributed by atoms with Crippen LogP contribution in [0.3, 0.4) is 0 Å². The maximum absolute atomic E-state index is 11.0. The highest BCUT2D eigenvalue weighted by atomic mass is 16.4. The van der Waals surface area contributed by atoms with Crippen LogP contribution in [0.2, 0.25) is 0 Å². The molecule has 1 N–H and O–H groups in total. The fraction of sp³-hybridized carbons (Fsp3) is 0.714. The molecule has 1 saturated heterocycles. The van der Waals surface area contributed by atoms with E-state index in [4.69, 9.17) is 5.11 Å². The molecule has 1 aliphatic rings. The Morgan fingerprint density at radius 3 is 2.82 bits per heavy atom. The molecule has 11 heavy (non-hydrogen) atoms. The van der Waals surface area contributed by atoms with Gasteiger partial charge in [-0.15, -0.1) is 0 Å². The van der Waals surface area contributed by atoms with E-state index in [-0.39, 0.29) is 11.8 Å². The lowest BCUT2D eigenvalue weighted by Crippen LogP contribution is -2.36. The zero-order chi connectivity index (χ0) is 8.43. The largest absolute Gasteiger partial charge is 0.465 e. The van der Waals surface area contributed by atoms with Gasteiger partial charge in [-0.25, -0.2) is 4.79 Å². The van der Waals surface area contributed by atoms with E-state index in [9.17, 15) is 9.59 Å². The molecule has 0 radical (unpaired) electrons. The maximum Gasteiger partial charge on any atom is 0.407 e. The zero-order valence-electron chi connectivity index (χ0n) is 6.41. The van der Waals surface area contributed by atoms with Crippen LogP contribution in [0.1, 0.15) is 19.8 Å². The van der Waals surface area contributed by atoms with Gasteiger partial charge in [0.2, 0.25) is 0 Å². The van der Waals surface area contributed by atoms with Crippen molar-refractivity contribution in [2.24, 2.45) is 0 Å². The summed E-state index contributed by atoms with van der Waals surface area (Å²) in [5, 5.41) is 8.61. The SMILES string of the molecule is CCC1C(=O)CCN1C(=O)O. The van der Waals surface area contributed by atoms with Gasteiger partial charge in [-0.3, -0.25) is 9.69 Å². The summed E-state index contributed by atoms with van der Waals surface area (Å²) in [6, 6.07) is -0.382. The average Bonchev–Trinajstić information content (AvgIpc) is 2.30. The number of carbonyl (C=O) groups excluding carboxylic acids is 1. The monoisotopic (exact) mass is 157 g/mol. The highest BCUT2D eigenvalue weighted by Crippen LogP contribution is 2.15. The van der Waals surface area contributed by atoms with Crippen molar-refractivity contribution in [3.63, 3.8) is 0 Å². The Hall–Kier alpha value is -1.06. The van der Waals surface area contributed by atoms with Crippen LogP contribution >= 0.6 is 0 Å². The van der Waals surface area contributed by atoms with Gasteiger partial charge in [-0.05, 0) is 6.42 Å². The highest BCUT2D eigenvalue weighted by molar-refractivity contribution is 5.90. The summed E-state index contributed by atoms with van der Waals surface area (Å²) in [4.78, 5) is 22.7. The third-order valence-electron chi connectivity index (χ3n) is 1.98. The molecule has 4 nitrogen and oxygen atoms in total. The Morgan fingerprint density at radius 2 is 2.45 bits per heavy atom. The second kappa shape index (κ2) is 2.90. The smallest absolute Gasteiger partial charge is 0.407 e. The number of Topliss-reactive ketones (excluding diaryl/α,β-unsaturated/α-hetero) is 1. The summed E-state index contributed by atoms with van der Waals surface area (Å²) in [5.74, 6) is 0.0508. The molecular formula is C7H11NO3. The van der Waals surface area contributed by atoms with Gasteiger partial charge in [0.15, 0.2) is 5.78 Å². The summed E-state index contributed by atoms with van der Waals surface area (Å²) < 4.78 is 0. The minimum atomic E-state index is -0.984. The first-order valence-corrected chi connectivity index (χ1v) is 3.69. The maximum atomic E-state index is 11.0. The van der Waals surface area contributed by atoms with Crippen LogP contribution in [-0.4, -0.2) is 34.5 Å². The third kappa shape index (κ3) is 1.34. The Morgan fingerprint density at radius 1 is 1.82 bits per heavy atom. The lowest BCUT2D eigenvalue weighted by atomic mass is 10.1. The van der Waals surface area contributed by atoms with E-state index < -0.39 is 6.09 Å². The molecule has 62 valence electrons. The van der Waals surface area contributed by atoms with Crippen LogP contribution in [0.5, 0.6) is 0 Å². The molecule has 0 aromatic heterocycles. The molecule has 0 aliphatic carbocycles. The molecule has 1 heterocycles. The predicted molar refractivity (Wildman–Crippen MR) is 38.4 cm³/mol. The van der Waals surface area contributed by atoms with E-state index >= 15 is 0 Å². The minimum absolute atomic E-state index is 0.0508. The van der Waals surface area contributed by atoms with Crippen molar-refractivity contribution in [1.29, 1.82) is 0 Å². The Balaban J connectivity index is 2.68. The first-order chi connectivity index (χ1) is 5.16. The zero-order valence-corrected chi connectivity index (χ0v) is 6.41. The average molecular weight is 157 g/mol. The topological polar surface area (TPSA) is 57.6 Å². The number of carbonyl (C=O) groups is 2. The Labute approximate surface area is 64.8 Å². The number of carboxylic acid groups (broad SMARTS) is 1. The first-order valence-electron chi connectivity index (χ1n) is 3.69. The van der Waals surface area contributed by atoms with Gasteiger partial charge in [0.1, 0.15) is 0 Å². The molecule has 4 heteroatoms. The fourth-order valence-corrected chi connectivity index (χ4v) is 1.40. The van der Waals surface area contributed by atoms with E-state index in [2.05, 4.69) is 0 Å². The molecule has 1 fully saturated rings. The number of nitrogens with zero attached hydrogens (tertiary/aromatic N) is 1. The summed E-state index contributed by atoms with van der Waals surface area (Å²) in [7, 11) is 0. The number of hydrogen-bond acceptors (Lipinski definition) is 2. The fourth-order valence-electron chi connectivity index (χ4n) is 1.40. The van der Waals surface area contributed by atoms with Gasteiger partial charge in [0.25, 0.3) is 0 Å². The van der Waals surface area contributed by atoms with E-state index in [0.29, 0.717) is 19.4 Å². The molecule has 1 atom stereocenters. The van der Waals surface area contributed by atoms with Gasteiger partial charge >= 0.3 is 6.09 Å². The minimum Gasteiger partial charge on any atom is -0.465 e. The van der Waals surface area contributed by atoms with Gasteiger partial charge in [-0.1, -0.05) is 6.92 Å². The van der Waals surface area contributed by atoms with Crippen LogP contribution in [0, 0.1) is 0 Å². The van der Waals surface area contributed by atoms with Gasteiger partial charge in [-0.2, -0.15) is 0 Å². The number of rotatable bonds is 1. The van der Waals surface area contributed by atoms with Crippen molar-refractivity contribution < 1.29 is 14.7 Å². The predicted octanol–water partition coefficient (Wildman–Crippen LogP) is 0.718. The van der Waals surface area contributed by atoms with Crippen molar-refractivity contribution >= 4 is 11.9 Å². The quantitative estimate of drug-likeness (QED) is 0.610. The van der Waals surface area contributed by atoms with Gasteiger partial charge in [0, 0.05) is 13.0 Å². The van der Waals surface area contributed by atoms with Crippen molar-refractivity contribution in [3.8, 4) is 0 Å². The first kappa shape index (κ1) is 8.04. The lowest BCUT2D eigenvalue weighted by Gasteiger charge is -2.17. The normalized spacial score (nSPS) is 24.3. The summed E-state index contributed by atoms with van der Waals surface area (Å²) in [6.07, 6.45) is -0.0154. The van der Waals surface area contributed by atoms with Gasteiger partial charge in [0.05, 0.1) is 6.04 Å². The standard InChI is InChI=1S/C7H11NO3/c1-2-5-6(9)3-4-8(5)7(10)11/h5H,2-4H2,1H3,(H,10,11). The lowest BCUT2D eigenvalue weighted by molar-refractivity contribution is -0.119. The molecule has 0 aromatic rings. The van der Waals surface area contributed by atoms with Gasteiger partial charge < -0.3 is 5.11 Å². The van der Waals surface area contributed by atoms with Crippen LogP contribution in [0.25, 0.3) is 0 Å². The van der Waals surface area contributed by atoms with Crippen molar-refractivity contribution in [2.45, 2.75) is 25.8 Å². The molecular weight excluding hydrogens is 146 g/mol. The molecule has 0 spiro atoms. The molecule has 1 unspecified atom stereocenters. The van der Waals surface area contributed by atoms with Crippen LogP contribution in [0.15, 0.2) is 0 Å². The molecule has 1 rings (SSSR count). The van der Waals surface area contributed by atoms with E-state index in [0.717, 1.165) is 0 Å². The molecule has 1 aliphatic heterocycles. The van der Waals surface area contributed by atoms with Crippen LogP contribution in [-0.2, 0) is 4.79 Å². The van der Waals surface area contributed by atoms with Crippen molar-refractivity contribution in [2.75, 3.05) is 6.54 Å². The third-order valence-corrected chi connectivity index (χ3v) is 1.98. The molecule has 0 saturated carbocycles. The number of ketones is 1. The molecule has 0 bridgehead atoms. The number of hydrogen-bond donors (Lipinski definition) is 1. The van der Waals surface area contributed by atoms with E-state index in [1.54, 1.807) is 0 Å². The summed E-state index contributed by atoms with van der Waals surface area (Å²) >= 11 is 0.